The van der Waals surface area contributed by atoms with Crippen LogP contribution in [0.5, 0.6) is 5.75 Å². The standard InChI is InChI=1S/C15H18O3/c1-10-5-8-13(11-6-7-12(16)15(10)11)18-14-4-2-3-9-17-14/h5,8,14H,2-4,6-7,9H2,1H3/t14-/m0/s1. The van der Waals surface area contributed by atoms with E-state index >= 15 is 0 Å². The Bertz CT molecular complexity index is 473. The third kappa shape index (κ3) is 2.03. The van der Waals surface area contributed by atoms with Gasteiger partial charge in [0.1, 0.15) is 5.75 Å². The van der Waals surface area contributed by atoms with Crippen molar-refractivity contribution in [2.24, 2.45) is 0 Å². The Hall–Kier alpha value is -1.35. The van der Waals surface area contributed by atoms with Crippen molar-refractivity contribution < 1.29 is 14.3 Å². The number of aryl methyl sites for hydroxylation is 1. The van der Waals surface area contributed by atoms with Crippen LogP contribution in [0.1, 0.15) is 47.2 Å². The van der Waals surface area contributed by atoms with E-state index in [0.29, 0.717) is 6.42 Å². The first-order valence-electron chi connectivity index (χ1n) is 6.69. The second-order valence-corrected chi connectivity index (χ2v) is 5.07. The lowest BCUT2D eigenvalue weighted by molar-refractivity contribution is -0.106. The summed E-state index contributed by atoms with van der Waals surface area (Å²) in [6.07, 6.45) is 4.49. The van der Waals surface area contributed by atoms with Gasteiger partial charge in [-0.2, -0.15) is 0 Å². The van der Waals surface area contributed by atoms with Gasteiger partial charge in [0, 0.05) is 24.0 Å². The van der Waals surface area contributed by atoms with E-state index in [9.17, 15) is 4.79 Å². The number of carbonyl (C=O) groups excluding carboxylic acids is 1. The van der Waals surface area contributed by atoms with Gasteiger partial charge in [0.15, 0.2) is 12.1 Å². The van der Waals surface area contributed by atoms with Crippen LogP contribution in [0.4, 0.5) is 0 Å². The molecule has 1 aliphatic carbocycles. The molecule has 3 heteroatoms. The minimum absolute atomic E-state index is 0.138. The fourth-order valence-electron chi connectivity index (χ4n) is 2.80. The molecule has 0 amide bonds. The number of hydrogen-bond acceptors (Lipinski definition) is 3. The van der Waals surface area contributed by atoms with Crippen molar-refractivity contribution in [3.63, 3.8) is 0 Å². The predicted molar refractivity (Wildman–Crippen MR) is 68.0 cm³/mol. The van der Waals surface area contributed by atoms with Crippen molar-refractivity contribution in [3.05, 3.63) is 28.8 Å². The Balaban J connectivity index is 1.87. The van der Waals surface area contributed by atoms with Crippen molar-refractivity contribution in [3.8, 4) is 5.75 Å². The average molecular weight is 246 g/mol. The van der Waals surface area contributed by atoms with E-state index in [4.69, 9.17) is 9.47 Å². The molecule has 18 heavy (non-hydrogen) atoms. The molecule has 0 saturated carbocycles. The number of carbonyl (C=O) groups is 1. The lowest BCUT2D eigenvalue weighted by Gasteiger charge is -2.24. The molecule has 1 aromatic carbocycles. The molecule has 1 atom stereocenters. The summed E-state index contributed by atoms with van der Waals surface area (Å²) >= 11 is 0. The topological polar surface area (TPSA) is 35.5 Å². The Morgan fingerprint density at radius 2 is 2.17 bits per heavy atom. The van der Waals surface area contributed by atoms with E-state index in [2.05, 4.69) is 0 Å². The van der Waals surface area contributed by atoms with Crippen LogP contribution in [-0.4, -0.2) is 18.7 Å². The minimum atomic E-state index is -0.138. The molecule has 1 aliphatic heterocycles. The van der Waals surface area contributed by atoms with Gasteiger partial charge in [-0.15, -0.1) is 0 Å². The van der Waals surface area contributed by atoms with Gasteiger partial charge in [-0.05, 0) is 37.8 Å². The summed E-state index contributed by atoms with van der Waals surface area (Å²) < 4.78 is 11.5. The van der Waals surface area contributed by atoms with Crippen LogP contribution >= 0.6 is 0 Å². The Labute approximate surface area is 107 Å². The molecule has 2 aliphatic rings. The highest BCUT2D eigenvalue weighted by molar-refractivity contribution is 6.02. The normalized spacial score (nSPS) is 22.9. The second-order valence-electron chi connectivity index (χ2n) is 5.07. The Morgan fingerprint density at radius 3 is 2.94 bits per heavy atom. The molecular weight excluding hydrogens is 228 g/mol. The summed E-state index contributed by atoms with van der Waals surface area (Å²) in [7, 11) is 0. The number of benzene rings is 1. The Kier molecular flexibility index (Phi) is 3.08. The van der Waals surface area contributed by atoms with Crippen molar-refractivity contribution in [2.45, 2.75) is 45.3 Å². The summed E-state index contributed by atoms with van der Waals surface area (Å²) in [5, 5.41) is 0. The van der Waals surface area contributed by atoms with Gasteiger partial charge in [-0.1, -0.05) is 6.07 Å². The van der Waals surface area contributed by atoms with Gasteiger partial charge in [-0.3, -0.25) is 4.79 Å². The number of ketones is 1. The molecule has 0 N–H and O–H groups in total. The smallest absolute Gasteiger partial charge is 0.199 e. The third-order valence-corrected chi connectivity index (χ3v) is 3.76. The van der Waals surface area contributed by atoms with Crippen LogP contribution in [-0.2, 0) is 11.2 Å². The van der Waals surface area contributed by atoms with Gasteiger partial charge >= 0.3 is 0 Å². The maximum atomic E-state index is 11.8. The van der Waals surface area contributed by atoms with Crippen molar-refractivity contribution in [1.29, 1.82) is 0 Å². The molecule has 0 spiro atoms. The monoisotopic (exact) mass is 246 g/mol. The molecule has 1 fully saturated rings. The molecule has 1 heterocycles. The maximum absolute atomic E-state index is 11.8. The highest BCUT2D eigenvalue weighted by Gasteiger charge is 2.26. The number of fused-ring (bicyclic) bond motifs is 1. The number of Topliss-reactive ketones (excluding diaryl/α,β-unsaturated/α-hetero) is 1. The molecule has 0 unspecified atom stereocenters. The van der Waals surface area contributed by atoms with Crippen LogP contribution < -0.4 is 4.74 Å². The summed E-state index contributed by atoms with van der Waals surface area (Å²) in [5.41, 5.74) is 3.02. The molecule has 1 saturated heterocycles. The lowest BCUT2D eigenvalue weighted by Crippen LogP contribution is -2.25. The van der Waals surface area contributed by atoms with E-state index in [1.165, 1.54) is 0 Å². The van der Waals surface area contributed by atoms with E-state index in [1.54, 1.807) is 0 Å². The zero-order valence-corrected chi connectivity index (χ0v) is 10.7. The van der Waals surface area contributed by atoms with Crippen molar-refractivity contribution in [1.82, 2.24) is 0 Å². The number of ether oxygens (including phenoxy) is 2. The van der Waals surface area contributed by atoms with Crippen LogP contribution in [0.2, 0.25) is 0 Å². The molecule has 3 nitrogen and oxygen atoms in total. The largest absolute Gasteiger partial charge is 0.465 e. The first-order chi connectivity index (χ1) is 8.75. The molecular formula is C15H18O3. The van der Waals surface area contributed by atoms with Gasteiger partial charge in [0.05, 0.1) is 6.61 Å². The quantitative estimate of drug-likeness (QED) is 0.804. The first kappa shape index (κ1) is 11.7. The molecule has 0 bridgehead atoms. The van der Waals surface area contributed by atoms with Crippen LogP contribution in [0, 0.1) is 6.92 Å². The molecule has 0 radical (unpaired) electrons. The SMILES string of the molecule is Cc1ccc(O[C@H]2CCCCO2)c2c1C(=O)CC2. The maximum Gasteiger partial charge on any atom is 0.199 e. The summed E-state index contributed by atoms with van der Waals surface area (Å²) in [4.78, 5) is 11.8. The van der Waals surface area contributed by atoms with Crippen LogP contribution in [0.15, 0.2) is 12.1 Å². The van der Waals surface area contributed by atoms with Crippen LogP contribution in [0.3, 0.4) is 0 Å². The van der Waals surface area contributed by atoms with E-state index in [-0.39, 0.29) is 12.1 Å². The zero-order chi connectivity index (χ0) is 12.5. The lowest BCUT2D eigenvalue weighted by atomic mass is 10.0. The van der Waals surface area contributed by atoms with Gasteiger partial charge in [-0.25, -0.2) is 0 Å². The van der Waals surface area contributed by atoms with Gasteiger partial charge < -0.3 is 9.47 Å². The predicted octanol–water partition coefficient (Wildman–Crippen LogP) is 3.03. The van der Waals surface area contributed by atoms with Gasteiger partial charge in [0.2, 0.25) is 0 Å². The Morgan fingerprint density at radius 1 is 1.28 bits per heavy atom. The van der Waals surface area contributed by atoms with Crippen LogP contribution in [0.25, 0.3) is 0 Å². The highest BCUT2D eigenvalue weighted by Crippen LogP contribution is 2.34. The van der Waals surface area contributed by atoms with E-state index < -0.39 is 0 Å². The summed E-state index contributed by atoms with van der Waals surface area (Å²) in [6, 6.07) is 3.95. The van der Waals surface area contributed by atoms with Crippen molar-refractivity contribution >= 4 is 5.78 Å². The second kappa shape index (κ2) is 4.73. The fourth-order valence-corrected chi connectivity index (χ4v) is 2.80. The van der Waals surface area contributed by atoms with E-state index in [1.807, 2.05) is 19.1 Å². The van der Waals surface area contributed by atoms with Crippen molar-refractivity contribution in [2.75, 3.05) is 6.61 Å². The first-order valence-corrected chi connectivity index (χ1v) is 6.69. The number of hydrogen-bond donors (Lipinski definition) is 0. The number of rotatable bonds is 2. The third-order valence-electron chi connectivity index (χ3n) is 3.76. The molecule has 96 valence electrons. The molecule has 3 rings (SSSR count). The zero-order valence-electron chi connectivity index (χ0n) is 10.7. The average Bonchev–Trinajstić information content (AvgIpc) is 2.78. The summed E-state index contributed by atoms with van der Waals surface area (Å²) in [5.74, 6) is 1.09. The van der Waals surface area contributed by atoms with E-state index in [0.717, 1.165) is 54.7 Å². The molecule has 1 aromatic rings. The highest BCUT2D eigenvalue weighted by atomic mass is 16.7. The molecule has 0 aromatic heterocycles. The fraction of sp³-hybridized carbons (Fsp3) is 0.533. The minimum Gasteiger partial charge on any atom is -0.465 e. The summed E-state index contributed by atoms with van der Waals surface area (Å²) in [6.45, 7) is 2.76. The van der Waals surface area contributed by atoms with Gasteiger partial charge in [0.25, 0.3) is 0 Å².